The van der Waals surface area contributed by atoms with E-state index in [9.17, 15) is 22.0 Å². The van der Waals surface area contributed by atoms with Gasteiger partial charge in [-0.05, 0) is 29.8 Å². The van der Waals surface area contributed by atoms with E-state index < -0.39 is 22.5 Å². The Morgan fingerprint density at radius 3 is 2.56 bits per heavy atom. The van der Waals surface area contributed by atoms with E-state index in [1.165, 1.54) is 24.3 Å². The number of carbonyl (C=O) groups excluding carboxylic acids is 1. The fourth-order valence-electron chi connectivity index (χ4n) is 2.09. The maximum atomic E-state index is 12.4. The van der Waals surface area contributed by atoms with Crippen LogP contribution < -0.4 is 14.8 Å². The first-order valence-corrected chi connectivity index (χ1v) is 9.02. The van der Waals surface area contributed by atoms with Crippen LogP contribution in [0.25, 0.3) is 0 Å². The molecule has 0 fully saturated rings. The van der Waals surface area contributed by atoms with Gasteiger partial charge in [-0.25, -0.2) is 8.42 Å². The number of halogens is 2. The first-order chi connectivity index (χ1) is 11.7. The van der Waals surface area contributed by atoms with Gasteiger partial charge in [0.05, 0.1) is 11.8 Å². The molecule has 0 aliphatic heterocycles. The molecule has 0 aliphatic carbocycles. The summed E-state index contributed by atoms with van der Waals surface area (Å²) in [5, 5.41) is 2.58. The average Bonchev–Trinajstić information content (AvgIpc) is 2.51. The fourth-order valence-corrected chi connectivity index (χ4v) is 2.64. The molecule has 0 aromatic heterocycles. The normalized spacial score (nSPS) is 11.2. The zero-order valence-corrected chi connectivity index (χ0v) is 14.0. The Morgan fingerprint density at radius 2 is 1.88 bits per heavy atom. The second-order valence-corrected chi connectivity index (χ2v) is 6.88. The molecule has 2 aromatic rings. The number of benzene rings is 2. The standard InChI is InChI=1S/C16H16F2N2O4S/c1-25(22,23)20-12-6-4-5-11(9-12)10-19-15(21)13-7-2-3-8-14(13)24-16(17)18/h2-9,16,20H,10H2,1H3,(H,19,21). The largest absolute Gasteiger partial charge is 0.434 e. The van der Waals surface area contributed by atoms with Gasteiger partial charge in [-0.2, -0.15) is 8.78 Å². The molecule has 2 rings (SSSR count). The molecule has 0 spiro atoms. The molecule has 0 heterocycles. The van der Waals surface area contributed by atoms with E-state index in [2.05, 4.69) is 14.8 Å². The minimum Gasteiger partial charge on any atom is -0.434 e. The molecule has 6 nitrogen and oxygen atoms in total. The SMILES string of the molecule is CS(=O)(=O)Nc1cccc(CNC(=O)c2ccccc2OC(F)F)c1. The Bertz CT molecular complexity index is 857. The highest BCUT2D eigenvalue weighted by Crippen LogP contribution is 2.20. The van der Waals surface area contributed by atoms with Crippen LogP contribution in [-0.2, 0) is 16.6 Å². The molecule has 0 aliphatic rings. The number of hydrogen-bond acceptors (Lipinski definition) is 4. The van der Waals surface area contributed by atoms with Crippen molar-refractivity contribution < 1.29 is 26.7 Å². The number of para-hydroxylation sites is 1. The monoisotopic (exact) mass is 370 g/mol. The molecule has 2 aromatic carbocycles. The van der Waals surface area contributed by atoms with Crippen LogP contribution in [0, 0.1) is 0 Å². The molecule has 1 amide bonds. The molecule has 25 heavy (non-hydrogen) atoms. The summed E-state index contributed by atoms with van der Waals surface area (Å²) in [5.41, 5.74) is 0.971. The lowest BCUT2D eigenvalue weighted by atomic mass is 10.1. The molecule has 0 unspecified atom stereocenters. The van der Waals surface area contributed by atoms with E-state index >= 15 is 0 Å². The Kier molecular flexibility index (Phi) is 5.92. The van der Waals surface area contributed by atoms with Crippen LogP contribution in [-0.4, -0.2) is 27.2 Å². The Hall–Kier alpha value is -2.68. The van der Waals surface area contributed by atoms with Crippen molar-refractivity contribution in [3.63, 3.8) is 0 Å². The minimum atomic E-state index is -3.41. The maximum absolute atomic E-state index is 12.4. The van der Waals surface area contributed by atoms with Gasteiger partial charge in [0, 0.05) is 12.2 Å². The predicted octanol–water partition coefficient (Wildman–Crippen LogP) is 2.59. The number of amides is 1. The summed E-state index contributed by atoms with van der Waals surface area (Å²) in [7, 11) is -3.41. The number of nitrogens with one attached hydrogen (secondary N) is 2. The minimum absolute atomic E-state index is 0.0202. The van der Waals surface area contributed by atoms with E-state index in [1.807, 2.05) is 0 Å². The van der Waals surface area contributed by atoms with Crippen LogP contribution in [0.15, 0.2) is 48.5 Å². The molecule has 9 heteroatoms. The summed E-state index contributed by atoms with van der Waals surface area (Å²) in [4.78, 5) is 12.2. The van der Waals surface area contributed by atoms with E-state index in [4.69, 9.17) is 0 Å². The van der Waals surface area contributed by atoms with Crippen molar-refractivity contribution in [3.8, 4) is 5.75 Å². The van der Waals surface area contributed by atoms with Gasteiger partial charge in [0.2, 0.25) is 10.0 Å². The van der Waals surface area contributed by atoms with Gasteiger partial charge in [0.1, 0.15) is 5.75 Å². The average molecular weight is 370 g/mol. The molecular weight excluding hydrogens is 354 g/mol. The second kappa shape index (κ2) is 7.93. The van der Waals surface area contributed by atoms with Crippen LogP contribution in [0.3, 0.4) is 0 Å². The molecular formula is C16H16F2N2O4S. The number of rotatable bonds is 7. The number of hydrogen-bond donors (Lipinski definition) is 2. The Balaban J connectivity index is 2.07. The summed E-state index contributed by atoms with van der Waals surface area (Å²) in [6.07, 6.45) is 1.03. The van der Waals surface area contributed by atoms with Crippen LogP contribution in [0.5, 0.6) is 5.75 Å². The van der Waals surface area contributed by atoms with Crippen molar-refractivity contribution in [1.82, 2.24) is 5.32 Å². The predicted molar refractivity (Wildman–Crippen MR) is 89.2 cm³/mol. The summed E-state index contributed by atoms with van der Waals surface area (Å²) in [6, 6.07) is 12.1. The highest BCUT2D eigenvalue weighted by molar-refractivity contribution is 7.92. The van der Waals surface area contributed by atoms with E-state index in [1.54, 1.807) is 24.3 Å². The van der Waals surface area contributed by atoms with Crippen LogP contribution in [0.2, 0.25) is 0 Å². The van der Waals surface area contributed by atoms with Gasteiger partial charge >= 0.3 is 6.61 Å². The zero-order valence-electron chi connectivity index (χ0n) is 13.2. The third kappa shape index (κ3) is 6.03. The van der Waals surface area contributed by atoms with Gasteiger partial charge in [-0.1, -0.05) is 24.3 Å². The molecule has 0 saturated heterocycles. The van der Waals surface area contributed by atoms with Crippen molar-refractivity contribution in [1.29, 1.82) is 0 Å². The van der Waals surface area contributed by atoms with E-state index in [-0.39, 0.29) is 17.9 Å². The van der Waals surface area contributed by atoms with Crippen molar-refractivity contribution in [3.05, 3.63) is 59.7 Å². The van der Waals surface area contributed by atoms with Crippen LogP contribution in [0.1, 0.15) is 15.9 Å². The maximum Gasteiger partial charge on any atom is 0.387 e. The van der Waals surface area contributed by atoms with Gasteiger partial charge in [0.25, 0.3) is 5.91 Å². The number of alkyl halides is 2. The smallest absolute Gasteiger partial charge is 0.387 e. The quantitative estimate of drug-likeness (QED) is 0.785. The van der Waals surface area contributed by atoms with Crippen molar-refractivity contribution in [2.75, 3.05) is 11.0 Å². The van der Waals surface area contributed by atoms with Crippen LogP contribution >= 0.6 is 0 Å². The Morgan fingerprint density at radius 1 is 1.16 bits per heavy atom. The van der Waals surface area contributed by atoms with Crippen molar-refractivity contribution >= 4 is 21.6 Å². The molecule has 0 atom stereocenters. The Labute approximate surface area is 143 Å². The number of carbonyl (C=O) groups is 1. The topological polar surface area (TPSA) is 84.5 Å². The molecule has 0 bridgehead atoms. The summed E-state index contributed by atoms with van der Waals surface area (Å²) in [5.74, 6) is -0.805. The molecule has 134 valence electrons. The van der Waals surface area contributed by atoms with Gasteiger partial charge in [-0.15, -0.1) is 0 Å². The van der Waals surface area contributed by atoms with E-state index in [0.29, 0.717) is 11.3 Å². The zero-order chi connectivity index (χ0) is 18.4. The highest BCUT2D eigenvalue weighted by atomic mass is 32.2. The van der Waals surface area contributed by atoms with Gasteiger partial charge in [-0.3, -0.25) is 9.52 Å². The van der Waals surface area contributed by atoms with Gasteiger partial charge < -0.3 is 10.1 Å². The summed E-state index contributed by atoms with van der Waals surface area (Å²) < 4.78 is 53.9. The van der Waals surface area contributed by atoms with Crippen molar-refractivity contribution in [2.45, 2.75) is 13.2 Å². The number of anilines is 1. The lowest BCUT2D eigenvalue weighted by Gasteiger charge is -2.11. The lowest BCUT2D eigenvalue weighted by molar-refractivity contribution is -0.0501. The van der Waals surface area contributed by atoms with Gasteiger partial charge in [0.15, 0.2) is 0 Å². The fraction of sp³-hybridized carbons (Fsp3) is 0.188. The van der Waals surface area contributed by atoms with E-state index in [0.717, 1.165) is 6.26 Å². The van der Waals surface area contributed by atoms with Crippen LogP contribution in [0.4, 0.5) is 14.5 Å². The first-order valence-electron chi connectivity index (χ1n) is 7.13. The first kappa shape index (κ1) is 18.7. The third-order valence-corrected chi connectivity index (χ3v) is 3.64. The summed E-state index contributed by atoms with van der Waals surface area (Å²) in [6.45, 7) is -2.95. The molecule has 0 saturated carbocycles. The third-order valence-electron chi connectivity index (χ3n) is 3.03. The molecule has 2 N–H and O–H groups in total. The lowest BCUT2D eigenvalue weighted by Crippen LogP contribution is -2.24. The number of ether oxygens (including phenoxy) is 1. The van der Waals surface area contributed by atoms with Crippen molar-refractivity contribution in [2.24, 2.45) is 0 Å². The highest BCUT2D eigenvalue weighted by Gasteiger charge is 2.15. The second-order valence-electron chi connectivity index (χ2n) is 5.13. The molecule has 0 radical (unpaired) electrons. The number of sulfonamides is 1. The summed E-state index contributed by atoms with van der Waals surface area (Å²) >= 11 is 0.